The molecular formula is C6H4N2O4. The molecule has 12 heavy (non-hydrogen) atoms. The molecule has 6 heteroatoms. The average molecular weight is 168 g/mol. The molecule has 62 valence electrons. The van der Waals surface area contributed by atoms with Crippen LogP contribution >= 0.6 is 0 Å². The molecule has 0 atom stereocenters. The lowest BCUT2D eigenvalue weighted by Gasteiger charge is -1.91. The zero-order chi connectivity index (χ0) is 9.56. The highest BCUT2D eigenvalue weighted by Crippen LogP contribution is 2.05. The Balaban J connectivity index is 5.19. The van der Waals surface area contributed by atoms with Gasteiger partial charge in [0.15, 0.2) is 5.82 Å². The third kappa shape index (κ3) is 2.70. The standard InChI is InChI=1S/C6H4N2O4/c1-4(6(11)12)5(7-2-9)8-3-10/h1H3,(H,11,12). The summed E-state index contributed by atoms with van der Waals surface area (Å²) in [5.74, 6) is -1.81. The summed E-state index contributed by atoms with van der Waals surface area (Å²) >= 11 is 0. The van der Waals surface area contributed by atoms with Gasteiger partial charge in [-0.3, -0.25) is 0 Å². The Morgan fingerprint density at radius 1 is 1.25 bits per heavy atom. The molecular weight excluding hydrogens is 164 g/mol. The van der Waals surface area contributed by atoms with Crippen LogP contribution in [0.5, 0.6) is 0 Å². The fourth-order valence-electron chi connectivity index (χ4n) is 0.375. The number of hydrogen-bond donors (Lipinski definition) is 1. The monoisotopic (exact) mass is 168 g/mol. The number of carbonyl (C=O) groups is 1. The zero-order valence-electron chi connectivity index (χ0n) is 6.07. The third-order valence-electron chi connectivity index (χ3n) is 0.959. The lowest BCUT2D eigenvalue weighted by molar-refractivity contribution is -0.132. The van der Waals surface area contributed by atoms with E-state index < -0.39 is 11.8 Å². The fourth-order valence-corrected chi connectivity index (χ4v) is 0.375. The van der Waals surface area contributed by atoms with Crippen LogP contribution in [0.15, 0.2) is 21.4 Å². The first kappa shape index (κ1) is 9.97. The molecule has 0 unspecified atom stereocenters. The molecule has 0 aliphatic rings. The summed E-state index contributed by atoms with van der Waals surface area (Å²) < 4.78 is 0. The van der Waals surface area contributed by atoms with Crippen molar-refractivity contribution in [1.82, 2.24) is 0 Å². The maximum absolute atomic E-state index is 10.3. The lowest BCUT2D eigenvalue weighted by atomic mass is 10.3. The number of isocyanates is 2. The van der Waals surface area contributed by atoms with Crippen molar-refractivity contribution in [3.05, 3.63) is 11.4 Å². The first-order valence-electron chi connectivity index (χ1n) is 2.73. The number of nitrogens with zero attached hydrogens (tertiary/aromatic N) is 2. The maximum Gasteiger partial charge on any atom is 0.335 e. The Labute approximate surface area is 66.9 Å². The molecule has 0 saturated heterocycles. The van der Waals surface area contributed by atoms with Gasteiger partial charge < -0.3 is 5.11 Å². The molecule has 0 aliphatic heterocycles. The lowest BCUT2D eigenvalue weighted by Crippen LogP contribution is -1.98. The molecule has 0 aromatic heterocycles. The Kier molecular flexibility index (Phi) is 3.93. The number of rotatable bonds is 3. The second-order valence-electron chi connectivity index (χ2n) is 1.66. The summed E-state index contributed by atoms with van der Waals surface area (Å²) in [6, 6.07) is 0. The van der Waals surface area contributed by atoms with Gasteiger partial charge in [0.05, 0.1) is 5.57 Å². The Morgan fingerprint density at radius 2 is 1.67 bits per heavy atom. The Morgan fingerprint density at radius 3 is 1.92 bits per heavy atom. The smallest absolute Gasteiger partial charge is 0.335 e. The first-order chi connectivity index (χ1) is 5.63. The van der Waals surface area contributed by atoms with Gasteiger partial charge in [-0.25, -0.2) is 14.4 Å². The van der Waals surface area contributed by atoms with Gasteiger partial charge in [0.1, 0.15) is 0 Å². The van der Waals surface area contributed by atoms with Crippen molar-refractivity contribution in [1.29, 1.82) is 0 Å². The van der Waals surface area contributed by atoms with Crippen LogP contribution in [-0.4, -0.2) is 23.2 Å². The largest absolute Gasteiger partial charge is 0.478 e. The molecule has 0 amide bonds. The SMILES string of the molecule is CC(C(=O)O)=C(N=C=O)N=C=O. The van der Waals surface area contributed by atoms with E-state index in [9.17, 15) is 14.4 Å². The van der Waals surface area contributed by atoms with E-state index in [1.807, 2.05) is 0 Å². The summed E-state index contributed by atoms with van der Waals surface area (Å²) in [6.07, 6.45) is 2.14. The minimum atomic E-state index is -1.32. The molecule has 0 aromatic rings. The molecule has 0 radical (unpaired) electrons. The van der Waals surface area contributed by atoms with Crippen LogP contribution in [0.2, 0.25) is 0 Å². The van der Waals surface area contributed by atoms with E-state index in [2.05, 4.69) is 9.98 Å². The predicted molar refractivity (Wildman–Crippen MR) is 36.6 cm³/mol. The first-order valence-corrected chi connectivity index (χ1v) is 2.73. The number of carbonyl (C=O) groups excluding carboxylic acids is 2. The topological polar surface area (TPSA) is 96.2 Å². The van der Waals surface area contributed by atoms with E-state index in [-0.39, 0.29) is 5.57 Å². The van der Waals surface area contributed by atoms with Gasteiger partial charge in [-0.2, -0.15) is 0 Å². The minimum Gasteiger partial charge on any atom is -0.478 e. The number of hydrogen-bond acceptors (Lipinski definition) is 5. The highest BCUT2D eigenvalue weighted by molar-refractivity contribution is 5.87. The van der Waals surface area contributed by atoms with Gasteiger partial charge in [-0.15, -0.1) is 9.98 Å². The maximum atomic E-state index is 10.3. The quantitative estimate of drug-likeness (QED) is 0.363. The molecule has 0 bridgehead atoms. The molecule has 0 fully saturated rings. The highest BCUT2D eigenvalue weighted by atomic mass is 16.4. The van der Waals surface area contributed by atoms with Crippen LogP contribution in [0.4, 0.5) is 0 Å². The van der Waals surface area contributed by atoms with Gasteiger partial charge in [0, 0.05) is 0 Å². The van der Waals surface area contributed by atoms with Gasteiger partial charge in [-0.05, 0) is 6.92 Å². The average Bonchev–Trinajstić information content (AvgIpc) is 2.03. The Bertz CT molecular complexity index is 298. The van der Waals surface area contributed by atoms with Crippen molar-refractivity contribution in [3.63, 3.8) is 0 Å². The van der Waals surface area contributed by atoms with Gasteiger partial charge in [-0.1, -0.05) is 0 Å². The summed E-state index contributed by atoms with van der Waals surface area (Å²) in [5.41, 5.74) is -0.318. The molecule has 0 aliphatic carbocycles. The number of aliphatic imine (C=N–C) groups is 2. The van der Waals surface area contributed by atoms with Gasteiger partial charge >= 0.3 is 5.97 Å². The zero-order valence-corrected chi connectivity index (χ0v) is 6.07. The van der Waals surface area contributed by atoms with E-state index in [4.69, 9.17) is 5.11 Å². The summed E-state index contributed by atoms with van der Waals surface area (Å²) in [5, 5.41) is 8.37. The normalized spacial score (nSPS) is 7.42. The summed E-state index contributed by atoms with van der Waals surface area (Å²) in [7, 11) is 0. The van der Waals surface area contributed by atoms with Crippen LogP contribution in [0.1, 0.15) is 6.92 Å². The highest BCUT2D eigenvalue weighted by Gasteiger charge is 2.07. The predicted octanol–water partition coefficient (Wildman–Crippen LogP) is -0.0259. The number of aliphatic carboxylic acids is 1. The van der Waals surface area contributed by atoms with Gasteiger partial charge in [0.2, 0.25) is 12.2 Å². The number of carboxylic acids is 1. The van der Waals surface area contributed by atoms with Crippen molar-refractivity contribution in [2.45, 2.75) is 6.92 Å². The fraction of sp³-hybridized carbons (Fsp3) is 0.167. The van der Waals surface area contributed by atoms with Crippen LogP contribution in [0.25, 0.3) is 0 Å². The van der Waals surface area contributed by atoms with Crippen LogP contribution < -0.4 is 0 Å². The van der Waals surface area contributed by atoms with E-state index in [1.54, 1.807) is 0 Å². The van der Waals surface area contributed by atoms with E-state index in [0.717, 1.165) is 19.1 Å². The van der Waals surface area contributed by atoms with Crippen molar-refractivity contribution in [3.8, 4) is 0 Å². The van der Waals surface area contributed by atoms with Crippen molar-refractivity contribution >= 4 is 18.1 Å². The molecule has 0 heterocycles. The molecule has 1 N–H and O–H groups in total. The minimum absolute atomic E-state index is 0.318. The molecule has 0 aromatic carbocycles. The van der Waals surface area contributed by atoms with Crippen LogP contribution in [0.3, 0.4) is 0 Å². The van der Waals surface area contributed by atoms with E-state index in [0.29, 0.717) is 0 Å². The van der Waals surface area contributed by atoms with Crippen LogP contribution in [0, 0.1) is 0 Å². The van der Waals surface area contributed by atoms with Crippen molar-refractivity contribution in [2.24, 2.45) is 9.98 Å². The van der Waals surface area contributed by atoms with Crippen LogP contribution in [-0.2, 0) is 14.4 Å². The molecule has 0 saturated carbocycles. The van der Waals surface area contributed by atoms with Crippen molar-refractivity contribution in [2.75, 3.05) is 0 Å². The number of carboxylic acid groups (broad SMARTS) is 1. The molecule has 6 nitrogen and oxygen atoms in total. The second kappa shape index (κ2) is 4.73. The molecule has 0 rings (SSSR count). The Hall–Kier alpha value is -2.03. The van der Waals surface area contributed by atoms with Crippen molar-refractivity contribution < 1.29 is 19.5 Å². The second-order valence-corrected chi connectivity index (χ2v) is 1.66. The van der Waals surface area contributed by atoms with Gasteiger partial charge in [0.25, 0.3) is 0 Å². The summed E-state index contributed by atoms with van der Waals surface area (Å²) in [4.78, 5) is 35.5. The van der Waals surface area contributed by atoms with E-state index >= 15 is 0 Å². The third-order valence-corrected chi connectivity index (χ3v) is 0.959. The summed E-state index contributed by atoms with van der Waals surface area (Å²) in [6.45, 7) is 1.15. The van der Waals surface area contributed by atoms with E-state index in [1.165, 1.54) is 0 Å². The molecule has 0 spiro atoms.